The lowest BCUT2D eigenvalue weighted by Gasteiger charge is -2.17. The molecule has 0 bridgehead atoms. The van der Waals surface area contributed by atoms with Crippen molar-refractivity contribution in [3.8, 4) is 0 Å². The average Bonchev–Trinajstić information content (AvgIpc) is 2.50. The van der Waals surface area contributed by atoms with Crippen molar-refractivity contribution in [2.24, 2.45) is 0 Å². The first kappa shape index (κ1) is 12.1. The molecule has 5 nitrogen and oxygen atoms in total. The number of aromatic nitrogens is 2. The molecule has 0 amide bonds. The first-order valence-corrected chi connectivity index (χ1v) is 5.44. The molecule has 0 unspecified atom stereocenters. The Morgan fingerprint density at radius 2 is 2.13 bits per heavy atom. The molecule has 0 aliphatic heterocycles. The molecular formula is C9H15N3O2S. The van der Waals surface area contributed by atoms with Gasteiger partial charge in [0.2, 0.25) is 5.01 Å². The molecule has 0 aliphatic rings. The van der Waals surface area contributed by atoms with Gasteiger partial charge in [0.1, 0.15) is 10.6 Å². The number of nitrogens with zero attached hydrogens (tertiary/aromatic N) is 2. The molecule has 0 atom stereocenters. The maximum Gasteiger partial charge on any atom is 0.369 e. The fourth-order valence-electron chi connectivity index (χ4n) is 0.881. The van der Waals surface area contributed by atoms with Gasteiger partial charge in [-0.05, 0) is 27.8 Å². The lowest BCUT2D eigenvalue weighted by atomic mass is 10.2. The average molecular weight is 229 g/mol. The third-order valence-electron chi connectivity index (χ3n) is 1.37. The molecule has 1 rings (SSSR count). The van der Waals surface area contributed by atoms with E-state index >= 15 is 0 Å². The molecule has 0 radical (unpaired) electrons. The van der Waals surface area contributed by atoms with E-state index in [1.165, 1.54) is 11.3 Å². The highest BCUT2D eigenvalue weighted by Gasteiger charge is 2.21. The summed E-state index contributed by atoms with van der Waals surface area (Å²) < 4.78 is 5.16. The lowest BCUT2D eigenvalue weighted by Crippen LogP contribution is -2.23. The monoisotopic (exact) mass is 229 g/mol. The van der Waals surface area contributed by atoms with Crippen LogP contribution in [0.4, 0.5) is 0 Å². The Morgan fingerprint density at radius 3 is 2.67 bits per heavy atom. The van der Waals surface area contributed by atoms with Crippen LogP contribution in [0.25, 0.3) is 0 Å². The zero-order chi connectivity index (χ0) is 11.5. The molecule has 1 N–H and O–H groups in total. The molecule has 0 aromatic carbocycles. The Bertz CT molecular complexity index is 343. The summed E-state index contributed by atoms with van der Waals surface area (Å²) in [5.74, 6) is -0.414. The topological polar surface area (TPSA) is 64.1 Å². The van der Waals surface area contributed by atoms with Crippen LogP contribution < -0.4 is 5.32 Å². The maximum atomic E-state index is 11.5. The Kier molecular flexibility index (Phi) is 3.76. The van der Waals surface area contributed by atoms with Crippen LogP contribution in [0.5, 0.6) is 0 Å². The number of carbonyl (C=O) groups excluding carboxylic acids is 1. The van der Waals surface area contributed by atoms with E-state index in [2.05, 4.69) is 15.5 Å². The summed E-state index contributed by atoms with van der Waals surface area (Å²) in [6.07, 6.45) is 0. The summed E-state index contributed by atoms with van der Waals surface area (Å²) in [5, 5.41) is 11.7. The number of rotatable bonds is 3. The minimum Gasteiger partial charge on any atom is -0.455 e. The van der Waals surface area contributed by atoms with Crippen LogP contribution in [0.2, 0.25) is 0 Å². The fourth-order valence-corrected chi connectivity index (χ4v) is 1.61. The second-order valence-corrected chi connectivity index (χ2v) is 5.10. The number of carbonyl (C=O) groups is 1. The Balaban J connectivity index is 2.66. The smallest absolute Gasteiger partial charge is 0.369 e. The SMILES string of the molecule is CNCc1nnc(C(=O)OC(C)(C)C)s1. The first-order chi connectivity index (χ1) is 6.92. The molecule has 0 saturated heterocycles. The summed E-state index contributed by atoms with van der Waals surface area (Å²) in [6.45, 7) is 6.07. The molecule has 1 aromatic heterocycles. The Labute approximate surface area is 92.9 Å². The highest BCUT2D eigenvalue weighted by molar-refractivity contribution is 7.13. The van der Waals surface area contributed by atoms with Crippen LogP contribution in [0.15, 0.2) is 0 Å². The second-order valence-electron chi connectivity index (χ2n) is 4.03. The minimum atomic E-state index is -0.494. The predicted octanol–water partition coefficient (Wildman–Crippen LogP) is 1.21. The maximum absolute atomic E-state index is 11.5. The van der Waals surface area contributed by atoms with E-state index in [1.54, 1.807) is 0 Å². The van der Waals surface area contributed by atoms with Crippen LogP contribution in [-0.4, -0.2) is 28.8 Å². The van der Waals surface area contributed by atoms with E-state index in [9.17, 15) is 4.79 Å². The summed E-state index contributed by atoms with van der Waals surface area (Å²) in [6, 6.07) is 0. The van der Waals surface area contributed by atoms with Gasteiger partial charge in [0.05, 0.1) is 0 Å². The van der Waals surface area contributed by atoms with Crippen molar-refractivity contribution in [1.82, 2.24) is 15.5 Å². The van der Waals surface area contributed by atoms with Crippen LogP contribution in [0.1, 0.15) is 35.6 Å². The second kappa shape index (κ2) is 4.67. The van der Waals surface area contributed by atoms with Crippen molar-refractivity contribution in [2.75, 3.05) is 7.05 Å². The third-order valence-corrected chi connectivity index (χ3v) is 2.27. The van der Waals surface area contributed by atoms with Gasteiger partial charge in [0, 0.05) is 6.54 Å². The quantitative estimate of drug-likeness (QED) is 0.789. The van der Waals surface area contributed by atoms with Crippen LogP contribution in [0.3, 0.4) is 0 Å². The van der Waals surface area contributed by atoms with E-state index in [0.29, 0.717) is 11.6 Å². The molecule has 6 heteroatoms. The van der Waals surface area contributed by atoms with Gasteiger partial charge >= 0.3 is 5.97 Å². The summed E-state index contributed by atoms with van der Waals surface area (Å²) in [7, 11) is 1.81. The van der Waals surface area contributed by atoms with E-state index in [0.717, 1.165) is 5.01 Å². The van der Waals surface area contributed by atoms with Gasteiger partial charge in [-0.25, -0.2) is 4.79 Å². The van der Waals surface area contributed by atoms with Crippen molar-refractivity contribution in [3.63, 3.8) is 0 Å². The zero-order valence-electron chi connectivity index (χ0n) is 9.33. The molecular weight excluding hydrogens is 214 g/mol. The normalized spacial score (nSPS) is 11.5. The van der Waals surface area contributed by atoms with Gasteiger partial charge in [-0.15, -0.1) is 10.2 Å². The standard InChI is InChI=1S/C9H15N3O2S/c1-9(2,3)14-8(13)7-12-11-6(15-7)5-10-4/h10H,5H2,1-4H3. The third kappa shape index (κ3) is 3.93. The minimum absolute atomic E-state index is 0.301. The molecule has 84 valence electrons. The van der Waals surface area contributed by atoms with Crippen molar-refractivity contribution in [1.29, 1.82) is 0 Å². The highest BCUT2D eigenvalue weighted by Crippen LogP contribution is 2.15. The van der Waals surface area contributed by atoms with Crippen LogP contribution in [0, 0.1) is 0 Å². The van der Waals surface area contributed by atoms with Crippen molar-refractivity contribution >= 4 is 17.3 Å². The van der Waals surface area contributed by atoms with E-state index in [1.807, 2.05) is 27.8 Å². The van der Waals surface area contributed by atoms with Gasteiger partial charge in [-0.2, -0.15) is 0 Å². The Morgan fingerprint density at radius 1 is 1.47 bits per heavy atom. The van der Waals surface area contributed by atoms with Gasteiger partial charge in [0.25, 0.3) is 0 Å². The molecule has 0 spiro atoms. The number of hydrogen-bond donors (Lipinski definition) is 1. The number of hydrogen-bond acceptors (Lipinski definition) is 6. The number of esters is 1. The lowest BCUT2D eigenvalue weighted by molar-refractivity contribution is 0.00683. The van der Waals surface area contributed by atoms with Gasteiger partial charge < -0.3 is 10.1 Å². The zero-order valence-corrected chi connectivity index (χ0v) is 10.1. The predicted molar refractivity (Wildman–Crippen MR) is 57.8 cm³/mol. The summed E-state index contributed by atoms with van der Waals surface area (Å²) in [4.78, 5) is 11.5. The van der Waals surface area contributed by atoms with E-state index < -0.39 is 11.6 Å². The molecule has 1 aromatic rings. The Hall–Kier alpha value is -1.01. The summed E-state index contributed by atoms with van der Waals surface area (Å²) in [5.41, 5.74) is -0.494. The number of nitrogens with one attached hydrogen (secondary N) is 1. The van der Waals surface area contributed by atoms with Gasteiger partial charge in [-0.1, -0.05) is 11.3 Å². The number of ether oxygens (including phenoxy) is 1. The van der Waals surface area contributed by atoms with Gasteiger partial charge in [-0.3, -0.25) is 0 Å². The van der Waals surface area contributed by atoms with Gasteiger partial charge in [0.15, 0.2) is 0 Å². The first-order valence-electron chi connectivity index (χ1n) is 4.62. The molecule has 1 heterocycles. The van der Waals surface area contributed by atoms with Crippen molar-refractivity contribution < 1.29 is 9.53 Å². The highest BCUT2D eigenvalue weighted by atomic mass is 32.1. The molecule has 0 saturated carbocycles. The van der Waals surface area contributed by atoms with Crippen LogP contribution in [-0.2, 0) is 11.3 Å². The summed E-state index contributed by atoms with van der Waals surface area (Å²) >= 11 is 1.25. The largest absolute Gasteiger partial charge is 0.455 e. The fraction of sp³-hybridized carbons (Fsp3) is 0.667. The molecule has 0 aliphatic carbocycles. The van der Waals surface area contributed by atoms with Crippen molar-refractivity contribution in [3.05, 3.63) is 10.0 Å². The van der Waals surface area contributed by atoms with Crippen molar-refractivity contribution in [2.45, 2.75) is 32.9 Å². The van der Waals surface area contributed by atoms with E-state index in [4.69, 9.17) is 4.74 Å². The molecule has 15 heavy (non-hydrogen) atoms. The van der Waals surface area contributed by atoms with Crippen LogP contribution >= 0.6 is 11.3 Å². The van der Waals surface area contributed by atoms with E-state index in [-0.39, 0.29) is 0 Å². The molecule has 0 fully saturated rings.